The molecule has 3 rings (SSSR count). The first kappa shape index (κ1) is 26.2. The smallest absolute Gasteiger partial charge is 0.200 e. The predicted octanol–water partition coefficient (Wildman–Crippen LogP) is 6.02. The van der Waals surface area contributed by atoms with Crippen LogP contribution in [-0.4, -0.2) is 0 Å². The van der Waals surface area contributed by atoms with Gasteiger partial charge in [-0.2, -0.15) is 0 Å². The lowest BCUT2D eigenvalue weighted by atomic mass is 9.75. The number of nitrogens with two attached hydrogens (primary N) is 1. The lowest BCUT2D eigenvalue weighted by Gasteiger charge is -2.33. The molecule has 0 fully saturated rings. The van der Waals surface area contributed by atoms with Crippen molar-refractivity contribution in [1.82, 2.24) is 0 Å². The first-order chi connectivity index (χ1) is 16.0. The van der Waals surface area contributed by atoms with Crippen LogP contribution in [0.5, 0.6) is 0 Å². The third-order valence-electron chi connectivity index (χ3n) is 4.81. The standard InChI is InChI=1S/C19H2F15N/c20-4-1(5(21)11(27)16(32)10(4)26)19(35,2-6(22)12(28)17(33)13(29)7(2)23)3-8(24)14(30)18(34)15(31)9(3)25/h35H2. The number of halogens is 15. The van der Waals surface area contributed by atoms with E-state index in [0.717, 1.165) is 0 Å². The van der Waals surface area contributed by atoms with E-state index in [-0.39, 0.29) is 0 Å². The molecule has 0 spiro atoms. The maximum atomic E-state index is 14.5. The monoisotopic (exact) mass is 529 g/mol. The van der Waals surface area contributed by atoms with E-state index in [2.05, 4.69) is 0 Å². The highest BCUT2D eigenvalue weighted by Crippen LogP contribution is 2.45. The Kier molecular flexibility index (Phi) is 6.25. The van der Waals surface area contributed by atoms with Crippen LogP contribution in [0, 0.1) is 87.3 Å². The molecule has 1 nitrogen and oxygen atoms in total. The van der Waals surface area contributed by atoms with Crippen molar-refractivity contribution in [3.05, 3.63) is 104 Å². The molecule has 0 atom stereocenters. The van der Waals surface area contributed by atoms with Gasteiger partial charge in [-0.1, -0.05) is 0 Å². The van der Waals surface area contributed by atoms with E-state index in [1.54, 1.807) is 0 Å². The highest BCUT2D eigenvalue weighted by molar-refractivity contribution is 5.53. The quantitative estimate of drug-likeness (QED) is 0.191. The Labute approximate surface area is 182 Å². The van der Waals surface area contributed by atoms with Gasteiger partial charge in [0, 0.05) is 0 Å². The fourth-order valence-electron chi connectivity index (χ4n) is 3.23. The van der Waals surface area contributed by atoms with Crippen molar-refractivity contribution in [2.75, 3.05) is 0 Å². The SMILES string of the molecule is NC(c1c(F)c(F)c(F)c(F)c1F)(c1c(F)c(F)c(F)c(F)c1F)c1c(F)c(F)c(F)c(F)c1F. The zero-order chi connectivity index (χ0) is 26.9. The maximum absolute atomic E-state index is 14.5. The van der Waals surface area contributed by atoms with Gasteiger partial charge in [-0.3, -0.25) is 0 Å². The largest absolute Gasteiger partial charge is 0.313 e. The van der Waals surface area contributed by atoms with Crippen molar-refractivity contribution in [3.63, 3.8) is 0 Å². The minimum Gasteiger partial charge on any atom is -0.313 e. The molecule has 2 N–H and O–H groups in total. The Hall–Kier alpha value is -3.43. The third kappa shape index (κ3) is 3.33. The lowest BCUT2D eigenvalue weighted by molar-refractivity contribution is 0.320. The Morgan fingerprint density at radius 2 is 0.371 bits per heavy atom. The summed E-state index contributed by atoms with van der Waals surface area (Å²) in [5, 5.41) is 0. The minimum atomic E-state index is -4.95. The molecule has 0 bridgehead atoms. The zero-order valence-electron chi connectivity index (χ0n) is 15.7. The van der Waals surface area contributed by atoms with Crippen molar-refractivity contribution in [3.8, 4) is 0 Å². The van der Waals surface area contributed by atoms with Gasteiger partial charge in [-0.05, 0) is 0 Å². The average Bonchev–Trinajstić information content (AvgIpc) is 2.81. The van der Waals surface area contributed by atoms with E-state index in [0.29, 0.717) is 0 Å². The molecule has 16 heteroatoms. The van der Waals surface area contributed by atoms with Gasteiger partial charge in [-0.25, -0.2) is 65.9 Å². The molecule has 0 aliphatic heterocycles. The number of hydrogen-bond acceptors (Lipinski definition) is 1. The Balaban J connectivity index is 2.78. The molecule has 0 aromatic heterocycles. The molecule has 0 aliphatic rings. The van der Waals surface area contributed by atoms with E-state index >= 15 is 0 Å². The second-order valence-corrected chi connectivity index (χ2v) is 6.64. The summed E-state index contributed by atoms with van der Waals surface area (Å²) in [5.74, 6) is -46.8. The lowest BCUT2D eigenvalue weighted by Crippen LogP contribution is -2.46. The van der Waals surface area contributed by atoms with E-state index in [1.165, 1.54) is 0 Å². The normalized spacial score (nSPS) is 12.0. The van der Waals surface area contributed by atoms with E-state index < -0.39 is 109 Å². The van der Waals surface area contributed by atoms with Gasteiger partial charge in [0.1, 0.15) is 5.54 Å². The molecule has 0 saturated carbocycles. The number of hydrogen-bond donors (Lipinski definition) is 1. The van der Waals surface area contributed by atoms with Crippen LogP contribution in [0.1, 0.15) is 16.7 Å². The molecule has 3 aromatic carbocycles. The summed E-state index contributed by atoms with van der Waals surface area (Å²) in [5.41, 5.74) is -8.47. The number of benzene rings is 3. The molecule has 0 unspecified atom stereocenters. The topological polar surface area (TPSA) is 26.0 Å². The molecule has 0 heterocycles. The maximum Gasteiger partial charge on any atom is 0.200 e. The third-order valence-corrected chi connectivity index (χ3v) is 4.81. The van der Waals surface area contributed by atoms with Crippen molar-refractivity contribution < 1.29 is 65.9 Å². The predicted molar refractivity (Wildman–Crippen MR) is 82.8 cm³/mol. The molecule has 35 heavy (non-hydrogen) atoms. The Morgan fingerprint density at radius 1 is 0.257 bits per heavy atom. The first-order valence-electron chi connectivity index (χ1n) is 8.37. The zero-order valence-corrected chi connectivity index (χ0v) is 15.7. The fraction of sp³-hybridized carbons (Fsp3) is 0.0526. The highest BCUT2D eigenvalue weighted by atomic mass is 19.2. The van der Waals surface area contributed by atoms with Gasteiger partial charge in [0.2, 0.25) is 17.5 Å². The minimum absolute atomic E-state index is 2.92. The second kappa shape index (κ2) is 8.35. The number of rotatable bonds is 3. The van der Waals surface area contributed by atoms with Crippen molar-refractivity contribution in [1.29, 1.82) is 0 Å². The van der Waals surface area contributed by atoms with Crippen molar-refractivity contribution >= 4 is 0 Å². The van der Waals surface area contributed by atoms with Crippen LogP contribution in [0.2, 0.25) is 0 Å². The van der Waals surface area contributed by atoms with Crippen LogP contribution in [0.25, 0.3) is 0 Å². The summed E-state index contributed by atoms with van der Waals surface area (Å²) in [6, 6.07) is 0. The molecule has 0 amide bonds. The molecule has 0 aliphatic carbocycles. The van der Waals surface area contributed by atoms with Crippen LogP contribution in [0.4, 0.5) is 65.9 Å². The molecule has 3 aromatic rings. The van der Waals surface area contributed by atoms with Gasteiger partial charge >= 0.3 is 0 Å². The summed E-state index contributed by atoms with van der Waals surface area (Å²) in [7, 11) is 0. The Morgan fingerprint density at radius 3 is 0.514 bits per heavy atom. The summed E-state index contributed by atoms with van der Waals surface area (Å²) in [4.78, 5) is 0. The summed E-state index contributed by atoms with van der Waals surface area (Å²) in [6.07, 6.45) is 0. The summed E-state index contributed by atoms with van der Waals surface area (Å²) < 4.78 is 210. The second-order valence-electron chi connectivity index (χ2n) is 6.64. The summed E-state index contributed by atoms with van der Waals surface area (Å²) >= 11 is 0. The molecule has 188 valence electrons. The van der Waals surface area contributed by atoms with Crippen LogP contribution in [-0.2, 0) is 5.54 Å². The first-order valence-corrected chi connectivity index (χ1v) is 8.37. The molecular formula is C19H2F15N. The van der Waals surface area contributed by atoms with Crippen LogP contribution >= 0.6 is 0 Å². The van der Waals surface area contributed by atoms with E-state index in [1.807, 2.05) is 0 Å². The molecule has 0 saturated heterocycles. The summed E-state index contributed by atoms with van der Waals surface area (Å²) in [6.45, 7) is 0. The van der Waals surface area contributed by atoms with Crippen LogP contribution < -0.4 is 5.73 Å². The highest BCUT2D eigenvalue weighted by Gasteiger charge is 2.51. The molecular weight excluding hydrogens is 527 g/mol. The van der Waals surface area contributed by atoms with Crippen molar-refractivity contribution in [2.24, 2.45) is 5.73 Å². The van der Waals surface area contributed by atoms with Gasteiger partial charge in [0.25, 0.3) is 0 Å². The van der Waals surface area contributed by atoms with Gasteiger partial charge in [0.05, 0.1) is 16.7 Å². The van der Waals surface area contributed by atoms with E-state index in [9.17, 15) is 65.9 Å². The van der Waals surface area contributed by atoms with Crippen molar-refractivity contribution in [2.45, 2.75) is 5.54 Å². The Bertz CT molecular complexity index is 1160. The van der Waals surface area contributed by atoms with Gasteiger partial charge in [-0.15, -0.1) is 0 Å². The van der Waals surface area contributed by atoms with Gasteiger partial charge < -0.3 is 5.73 Å². The molecule has 0 radical (unpaired) electrons. The van der Waals surface area contributed by atoms with Gasteiger partial charge in [0.15, 0.2) is 69.8 Å². The van der Waals surface area contributed by atoms with Crippen LogP contribution in [0.3, 0.4) is 0 Å². The fourth-order valence-corrected chi connectivity index (χ4v) is 3.23. The van der Waals surface area contributed by atoms with Crippen LogP contribution in [0.15, 0.2) is 0 Å². The average molecular weight is 529 g/mol. The van der Waals surface area contributed by atoms with E-state index in [4.69, 9.17) is 5.73 Å².